The largest absolute Gasteiger partial charge is 0.497 e. The number of nitrogens with zero attached hydrogens (tertiary/aromatic N) is 2. The summed E-state index contributed by atoms with van der Waals surface area (Å²) in [6.45, 7) is 0. The van der Waals surface area contributed by atoms with Gasteiger partial charge in [-0.05, 0) is 24.5 Å². The van der Waals surface area contributed by atoms with Crippen molar-refractivity contribution in [3.05, 3.63) is 30.0 Å². The van der Waals surface area contributed by atoms with Crippen LogP contribution in [0.25, 0.3) is 10.9 Å². The Morgan fingerprint density at radius 3 is 3.06 bits per heavy atom. The molecule has 1 heterocycles. The van der Waals surface area contributed by atoms with Gasteiger partial charge in [0.2, 0.25) is 0 Å². The normalized spacial score (nSPS) is 12.4. The zero-order valence-corrected chi connectivity index (χ0v) is 11.0. The average molecular weight is 262 g/mol. The van der Waals surface area contributed by atoms with Gasteiger partial charge in [0.05, 0.1) is 13.3 Å². The van der Waals surface area contributed by atoms with Crippen LogP contribution in [0.15, 0.2) is 34.6 Å². The van der Waals surface area contributed by atoms with E-state index >= 15 is 0 Å². The van der Waals surface area contributed by atoms with Crippen molar-refractivity contribution in [2.75, 3.05) is 13.4 Å². The van der Waals surface area contributed by atoms with E-state index in [-0.39, 0.29) is 0 Å². The molecular weight excluding hydrogens is 248 g/mol. The highest BCUT2D eigenvalue weighted by atomic mass is 32.2. The minimum Gasteiger partial charge on any atom is -0.497 e. The molecule has 0 aliphatic heterocycles. The molecule has 18 heavy (non-hydrogen) atoms. The monoisotopic (exact) mass is 262 g/mol. The van der Waals surface area contributed by atoms with Gasteiger partial charge in [0, 0.05) is 22.7 Å². The van der Waals surface area contributed by atoms with E-state index < -0.39 is 0 Å². The molecule has 1 aromatic carbocycles. The van der Waals surface area contributed by atoms with Crippen molar-refractivity contribution in [2.45, 2.75) is 0 Å². The van der Waals surface area contributed by atoms with Gasteiger partial charge in [-0.25, -0.2) is 0 Å². The number of benzene rings is 1. The number of H-pyrrole nitrogens is 1. The van der Waals surface area contributed by atoms with E-state index in [1.807, 2.05) is 30.7 Å². The highest BCUT2D eigenvalue weighted by molar-refractivity contribution is 8.13. The van der Waals surface area contributed by atoms with Gasteiger partial charge in [-0.3, -0.25) is 0 Å². The van der Waals surface area contributed by atoms with Crippen LogP contribution in [0.3, 0.4) is 0 Å². The number of amidine groups is 1. The topological polar surface area (TPSA) is 75.8 Å². The zero-order chi connectivity index (χ0) is 13.0. The molecule has 94 valence electrons. The Kier molecular flexibility index (Phi) is 3.88. The summed E-state index contributed by atoms with van der Waals surface area (Å²) in [7, 11) is 1.64. The van der Waals surface area contributed by atoms with E-state index in [1.165, 1.54) is 11.8 Å². The smallest absolute Gasteiger partial charge is 0.180 e. The van der Waals surface area contributed by atoms with Gasteiger partial charge in [0.25, 0.3) is 0 Å². The SMILES string of the molecule is COc1ccc2[nH]cc(/C=N/N=C(/N)SC)c2c1. The van der Waals surface area contributed by atoms with Crippen LogP contribution < -0.4 is 10.5 Å². The van der Waals surface area contributed by atoms with Crippen LogP contribution in [0.5, 0.6) is 5.75 Å². The number of methoxy groups -OCH3 is 1. The molecule has 0 radical (unpaired) electrons. The molecule has 2 rings (SSSR count). The highest BCUT2D eigenvalue weighted by Gasteiger charge is 2.02. The van der Waals surface area contributed by atoms with Crippen molar-refractivity contribution in [3.63, 3.8) is 0 Å². The lowest BCUT2D eigenvalue weighted by atomic mass is 10.2. The summed E-state index contributed by atoms with van der Waals surface area (Å²) in [5.41, 5.74) is 7.51. The fourth-order valence-corrected chi connectivity index (χ4v) is 1.67. The average Bonchev–Trinajstić information content (AvgIpc) is 2.81. The van der Waals surface area contributed by atoms with Gasteiger partial charge in [-0.1, -0.05) is 11.8 Å². The zero-order valence-electron chi connectivity index (χ0n) is 10.2. The molecule has 0 aliphatic rings. The molecule has 0 unspecified atom stereocenters. The molecule has 5 nitrogen and oxygen atoms in total. The summed E-state index contributed by atoms with van der Waals surface area (Å²) in [5, 5.41) is 9.27. The van der Waals surface area contributed by atoms with Gasteiger partial charge in [-0.15, -0.1) is 5.10 Å². The van der Waals surface area contributed by atoms with E-state index in [0.717, 1.165) is 22.2 Å². The molecule has 0 fully saturated rings. The number of nitrogens with two attached hydrogens (primary N) is 1. The number of fused-ring (bicyclic) bond motifs is 1. The number of aromatic nitrogens is 1. The predicted octanol–water partition coefficient (Wildman–Crippen LogP) is 2.19. The van der Waals surface area contributed by atoms with Gasteiger partial charge >= 0.3 is 0 Å². The second-order valence-corrected chi connectivity index (χ2v) is 4.37. The molecule has 2 aromatic rings. The number of thioether (sulfide) groups is 1. The minimum absolute atomic E-state index is 0.434. The molecule has 3 N–H and O–H groups in total. The first kappa shape index (κ1) is 12.5. The lowest BCUT2D eigenvalue weighted by molar-refractivity contribution is 0.415. The van der Waals surface area contributed by atoms with Crippen LogP contribution >= 0.6 is 11.8 Å². The van der Waals surface area contributed by atoms with Crippen molar-refractivity contribution in [2.24, 2.45) is 15.9 Å². The second-order valence-electron chi connectivity index (χ2n) is 3.54. The molecular formula is C12H14N4OS. The highest BCUT2D eigenvalue weighted by Crippen LogP contribution is 2.22. The molecule has 6 heteroatoms. The third-order valence-electron chi connectivity index (χ3n) is 2.48. The number of hydrogen-bond acceptors (Lipinski definition) is 4. The molecule has 1 aromatic heterocycles. The third kappa shape index (κ3) is 2.65. The maximum atomic E-state index is 5.54. The van der Waals surface area contributed by atoms with E-state index in [1.54, 1.807) is 13.3 Å². The van der Waals surface area contributed by atoms with Crippen LogP contribution in [0.1, 0.15) is 5.56 Å². The van der Waals surface area contributed by atoms with Crippen LogP contribution in [0, 0.1) is 0 Å². The summed E-state index contributed by atoms with van der Waals surface area (Å²) in [5.74, 6) is 0.809. The van der Waals surface area contributed by atoms with E-state index in [4.69, 9.17) is 10.5 Å². The number of aromatic amines is 1. The Balaban J connectivity index is 2.33. The Morgan fingerprint density at radius 1 is 1.50 bits per heavy atom. The van der Waals surface area contributed by atoms with Crippen molar-refractivity contribution < 1.29 is 4.74 Å². The van der Waals surface area contributed by atoms with E-state index in [2.05, 4.69) is 15.2 Å². The Bertz CT molecular complexity index is 603. The first-order valence-corrected chi connectivity index (χ1v) is 6.52. The quantitative estimate of drug-likeness (QED) is 0.506. The van der Waals surface area contributed by atoms with Crippen molar-refractivity contribution in [3.8, 4) is 5.75 Å². The van der Waals surface area contributed by atoms with Gasteiger partial charge < -0.3 is 15.5 Å². The van der Waals surface area contributed by atoms with Gasteiger partial charge in [-0.2, -0.15) is 5.10 Å². The number of nitrogens with one attached hydrogen (secondary N) is 1. The lowest BCUT2D eigenvalue weighted by Gasteiger charge is -1.99. The summed E-state index contributed by atoms with van der Waals surface area (Å²) < 4.78 is 5.20. The molecule has 0 saturated carbocycles. The summed E-state index contributed by atoms with van der Waals surface area (Å²) >= 11 is 1.36. The molecule has 0 spiro atoms. The fourth-order valence-electron chi connectivity index (χ4n) is 1.54. The Hall–Kier alpha value is -1.95. The summed E-state index contributed by atoms with van der Waals surface area (Å²) in [4.78, 5) is 3.16. The molecule has 0 atom stereocenters. The molecule has 0 aliphatic carbocycles. The number of hydrogen-bond donors (Lipinski definition) is 2. The summed E-state index contributed by atoms with van der Waals surface area (Å²) in [6.07, 6.45) is 5.39. The number of rotatable bonds is 3. The fraction of sp³-hybridized carbons (Fsp3) is 0.167. The standard InChI is InChI=1S/C12H14N4OS/c1-17-9-3-4-11-10(5-9)8(6-14-11)7-15-16-12(13)18-2/h3-7,14H,1-2H3,(H2,13,16)/b15-7+. The van der Waals surface area contributed by atoms with Crippen LogP contribution in [-0.4, -0.2) is 29.7 Å². The van der Waals surface area contributed by atoms with E-state index in [0.29, 0.717) is 5.17 Å². The van der Waals surface area contributed by atoms with Crippen LogP contribution in [-0.2, 0) is 0 Å². The lowest BCUT2D eigenvalue weighted by Crippen LogP contribution is -2.03. The Morgan fingerprint density at radius 2 is 2.33 bits per heavy atom. The van der Waals surface area contributed by atoms with Crippen LogP contribution in [0.2, 0.25) is 0 Å². The maximum absolute atomic E-state index is 5.54. The molecule has 0 amide bonds. The van der Waals surface area contributed by atoms with E-state index in [9.17, 15) is 0 Å². The predicted molar refractivity (Wildman–Crippen MR) is 77.6 cm³/mol. The summed E-state index contributed by atoms with van der Waals surface area (Å²) in [6, 6.07) is 5.82. The van der Waals surface area contributed by atoms with Crippen LogP contribution in [0.4, 0.5) is 0 Å². The van der Waals surface area contributed by atoms with Crippen molar-refractivity contribution >= 4 is 34.0 Å². The maximum Gasteiger partial charge on any atom is 0.180 e. The van der Waals surface area contributed by atoms with Crippen molar-refractivity contribution in [1.29, 1.82) is 0 Å². The first-order valence-electron chi connectivity index (χ1n) is 5.30. The molecule has 0 saturated heterocycles. The first-order chi connectivity index (χ1) is 8.74. The number of ether oxygens (including phenoxy) is 1. The van der Waals surface area contributed by atoms with Gasteiger partial charge in [0.15, 0.2) is 5.17 Å². The minimum atomic E-state index is 0.434. The Labute approximate surface area is 109 Å². The molecule has 0 bridgehead atoms. The third-order valence-corrected chi connectivity index (χ3v) is 2.98. The van der Waals surface area contributed by atoms with Crippen molar-refractivity contribution in [1.82, 2.24) is 4.98 Å². The second kappa shape index (κ2) is 5.59. The van der Waals surface area contributed by atoms with Gasteiger partial charge in [0.1, 0.15) is 5.75 Å².